The van der Waals surface area contributed by atoms with Gasteiger partial charge in [0.1, 0.15) is 0 Å². The van der Waals surface area contributed by atoms with Gasteiger partial charge in [0.05, 0.1) is 12.5 Å². The van der Waals surface area contributed by atoms with Crippen LogP contribution >= 0.6 is 0 Å². The molecule has 0 saturated carbocycles. The van der Waals surface area contributed by atoms with Crippen molar-refractivity contribution in [3.63, 3.8) is 0 Å². The Labute approximate surface area is 122 Å². The molecular formula is C15H17N3O3. The van der Waals surface area contributed by atoms with Gasteiger partial charge in [-0.15, -0.1) is 0 Å². The number of carboxylic acids is 1. The highest BCUT2D eigenvalue weighted by atomic mass is 16.5. The third-order valence-corrected chi connectivity index (χ3v) is 3.94. The van der Waals surface area contributed by atoms with Gasteiger partial charge in [-0.1, -0.05) is 30.3 Å². The molecule has 1 aromatic heterocycles. The summed E-state index contributed by atoms with van der Waals surface area (Å²) in [4.78, 5) is 17.4. The van der Waals surface area contributed by atoms with Gasteiger partial charge in [-0.2, -0.15) is 4.98 Å². The highest BCUT2D eigenvalue weighted by Crippen LogP contribution is 2.25. The minimum Gasteiger partial charge on any atom is -0.481 e. The standard InChI is InChI=1S/C15H17N3O3/c1-10(15(19)20)12-7-18(8-12)9-13-16-14(21-17-13)11-5-3-2-4-6-11/h2-6,10,12H,7-9H2,1H3,(H,19,20). The van der Waals surface area contributed by atoms with Crippen LogP contribution < -0.4 is 0 Å². The van der Waals surface area contributed by atoms with Crippen LogP contribution in [0.3, 0.4) is 0 Å². The first-order valence-corrected chi connectivity index (χ1v) is 6.96. The van der Waals surface area contributed by atoms with E-state index in [0.717, 1.165) is 18.7 Å². The average Bonchev–Trinajstić information content (AvgIpc) is 2.91. The lowest BCUT2D eigenvalue weighted by Gasteiger charge is -2.40. The average molecular weight is 287 g/mol. The predicted molar refractivity (Wildman–Crippen MR) is 75.3 cm³/mol. The van der Waals surface area contributed by atoms with E-state index in [1.54, 1.807) is 6.92 Å². The second-order valence-corrected chi connectivity index (χ2v) is 5.46. The van der Waals surface area contributed by atoms with Crippen molar-refractivity contribution in [1.29, 1.82) is 0 Å². The van der Waals surface area contributed by atoms with Crippen LogP contribution in [0, 0.1) is 11.8 Å². The molecule has 6 heteroatoms. The number of carbonyl (C=O) groups is 1. The second-order valence-electron chi connectivity index (χ2n) is 5.46. The lowest BCUT2D eigenvalue weighted by atomic mass is 9.87. The molecule has 0 spiro atoms. The summed E-state index contributed by atoms with van der Waals surface area (Å²) in [6.45, 7) is 3.89. The van der Waals surface area contributed by atoms with Gasteiger partial charge in [0.2, 0.25) is 0 Å². The van der Waals surface area contributed by atoms with Crippen LogP contribution in [0.5, 0.6) is 0 Å². The Morgan fingerprint density at radius 2 is 2.14 bits per heavy atom. The second kappa shape index (κ2) is 5.65. The van der Waals surface area contributed by atoms with E-state index in [1.165, 1.54) is 0 Å². The third kappa shape index (κ3) is 2.95. The topological polar surface area (TPSA) is 79.5 Å². The maximum Gasteiger partial charge on any atom is 0.306 e. The van der Waals surface area contributed by atoms with Crippen LogP contribution in [0.4, 0.5) is 0 Å². The van der Waals surface area contributed by atoms with Gasteiger partial charge in [0.15, 0.2) is 5.82 Å². The monoisotopic (exact) mass is 287 g/mol. The van der Waals surface area contributed by atoms with E-state index in [9.17, 15) is 4.79 Å². The van der Waals surface area contributed by atoms with Gasteiger partial charge in [-0.25, -0.2) is 0 Å². The molecule has 1 N–H and O–H groups in total. The summed E-state index contributed by atoms with van der Waals surface area (Å²) in [6.07, 6.45) is 0. The molecule has 0 amide bonds. The Bertz CT molecular complexity index is 620. The van der Waals surface area contributed by atoms with E-state index < -0.39 is 5.97 Å². The molecule has 21 heavy (non-hydrogen) atoms. The van der Waals surface area contributed by atoms with E-state index in [2.05, 4.69) is 15.0 Å². The highest BCUT2D eigenvalue weighted by molar-refractivity contribution is 5.70. The Morgan fingerprint density at radius 1 is 1.43 bits per heavy atom. The molecule has 1 aromatic carbocycles. The first kappa shape index (κ1) is 13.8. The van der Waals surface area contributed by atoms with E-state index in [0.29, 0.717) is 18.3 Å². The predicted octanol–water partition coefficient (Wildman–Crippen LogP) is 1.89. The molecule has 1 saturated heterocycles. The van der Waals surface area contributed by atoms with Gasteiger partial charge in [0, 0.05) is 18.7 Å². The van der Waals surface area contributed by atoms with Gasteiger partial charge in [0.25, 0.3) is 5.89 Å². The number of hydrogen-bond acceptors (Lipinski definition) is 5. The van der Waals surface area contributed by atoms with Gasteiger partial charge in [-0.3, -0.25) is 9.69 Å². The molecule has 1 aliphatic heterocycles. The number of carboxylic acid groups (broad SMARTS) is 1. The van der Waals surface area contributed by atoms with Crippen molar-refractivity contribution in [2.24, 2.45) is 11.8 Å². The Morgan fingerprint density at radius 3 is 2.81 bits per heavy atom. The fourth-order valence-corrected chi connectivity index (χ4v) is 2.47. The minimum atomic E-state index is -0.731. The molecule has 0 aliphatic carbocycles. The van der Waals surface area contributed by atoms with Crippen LogP contribution in [-0.2, 0) is 11.3 Å². The first-order chi connectivity index (χ1) is 10.1. The summed E-state index contributed by atoms with van der Waals surface area (Å²) in [7, 11) is 0. The van der Waals surface area contributed by atoms with Crippen LogP contribution in [-0.4, -0.2) is 39.2 Å². The molecule has 6 nitrogen and oxygen atoms in total. The fraction of sp³-hybridized carbons (Fsp3) is 0.400. The summed E-state index contributed by atoms with van der Waals surface area (Å²) >= 11 is 0. The van der Waals surface area contributed by atoms with Crippen molar-refractivity contribution in [3.8, 4) is 11.5 Å². The maximum atomic E-state index is 10.9. The van der Waals surface area contributed by atoms with E-state index in [4.69, 9.17) is 9.63 Å². The van der Waals surface area contributed by atoms with Crippen LogP contribution in [0.15, 0.2) is 34.9 Å². The van der Waals surface area contributed by atoms with Crippen molar-refractivity contribution < 1.29 is 14.4 Å². The number of aliphatic carboxylic acids is 1. The summed E-state index contributed by atoms with van der Waals surface area (Å²) < 4.78 is 5.25. The Balaban J connectivity index is 1.56. The number of likely N-dealkylation sites (tertiary alicyclic amines) is 1. The van der Waals surface area contributed by atoms with Crippen molar-refractivity contribution >= 4 is 5.97 Å². The molecule has 110 valence electrons. The minimum absolute atomic E-state index is 0.211. The van der Waals surface area contributed by atoms with Gasteiger partial charge < -0.3 is 9.63 Å². The normalized spacial score (nSPS) is 17.4. The summed E-state index contributed by atoms with van der Waals surface area (Å²) in [5, 5.41) is 12.9. The summed E-state index contributed by atoms with van der Waals surface area (Å²) in [6, 6.07) is 9.63. The molecule has 0 radical (unpaired) electrons. The zero-order valence-corrected chi connectivity index (χ0v) is 11.8. The largest absolute Gasteiger partial charge is 0.481 e. The van der Waals surface area contributed by atoms with E-state index in [1.807, 2.05) is 30.3 Å². The van der Waals surface area contributed by atoms with Crippen LogP contribution in [0.2, 0.25) is 0 Å². The van der Waals surface area contributed by atoms with Crippen molar-refractivity contribution in [1.82, 2.24) is 15.0 Å². The summed E-state index contributed by atoms with van der Waals surface area (Å²) in [5.74, 6) is 0.330. The van der Waals surface area contributed by atoms with Crippen molar-refractivity contribution in [2.75, 3.05) is 13.1 Å². The molecule has 1 unspecified atom stereocenters. The molecule has 2 heterocycles. The summed E-state index contributed by atoms with van der Waals surface area (Å²) in [5.41, 5.74) is 0.900. The number of aromatic nitrogens is 2. The number of nitrogens with zero attached hydrogens (tertiary/aromatic N) is 3. The molecule has 3 rings (SSSR count). The lowest BCUT2D eigenvalue weighted by Crippen LogP contribution is -2.50. The van der Waals surface area contributed by atoms with Crippen molar-refractivity contribution in [2.45, 2.75) is 13.5 Å². The van der Waals surface area contributed by atoms with Crippen molar-refractivity contribution in [3.05, 3.63) is 36.2 Å². The molecule has 0 bridgehead atoms. The molecule has 1 fully saturated rings. The molecular weight excluding hydrogens is 270 g/mol. The van der Waals surface area contributed by atoms with Gasteiger partial charge >= 0.3 is 5.97 Å². The highest BCUT2D eigenvalue weighted by Gasteiger charge is 2.35. The molecule has 1 aliphatic rings. The Hall–Kier alpha value is -2.21. The number of rotatable bonds is 5. The van der Waals surface area contributed by atoms with Crippen LogP contribution in [0.1, 0.15) is 12.7 Å². The SMILES string of the molecule is CC(C(=O)O)C1CN(Cc2noc(-c3ccccc3)n2)C1. The maximum absolute atomic E-state index is 10.9. The van der Waals surface area contributed by atoms with E-state index >= 15 is 0 Å². The first-order valence-electron chi connectivity index (χ1n) is 6.96. The molecule has 1 atom stereocenters. The van der Waals surface area contributed by atoms with Crippen LogP contribution in [0.25, 0.3) is 11.5 Å². The quantitative estimate of drug-likeness (QED) is 0.904. The molecule has 2 aromatic rings. The smallest absolute Gasteiger partial charge is 0.306 e. The lowest BCUT2D eigenvalue weighted by molar-refractivity contribution is -0.145. The zero-order chi connectivity index (χ0) is 14.8. The Kier molecular flexibility index (Phi) is 3.70. The number of hydrogen-bond donors (Lipinski definition) is 1. The van der Waals surface area contributed by atoms with Gasteiger partial charge in [-0.05, 0) is 18.1 Å². The van der Waals surface area contributed by atoms with E-state index in [-0.39, 0.29) is 11.8 Å². The third-order valence-electron chi connectivity index (χ3n) is 3.94. The fourth-order valence-electron chi connectivity index (χ4n) is 2.47. The zero-order valence-electron chi connectivity index (χ0n) is 11.8. The number of benzene rings is 1.